The van der Waals surface area contributed by atoms with Crippen LogP contribution in [0.4, 0.5) is 0 Å². The summed E-state index contributed by atoms with van der Waals surface area (Å²) in [5.74, 6) is 0.206. The van der Waals surface area contributed by atoms with E-state index in [0.29, 0.717) is 26.2 Å². The highest BCUT2D eigenvalue weighted by molar-refractivity contribution is 7.10. The molecule has 2 amide bonds. The third kappa shape index (κ3) is 4.40. The van der Waals surface area contributed by atoms with Gasteiger partial charge >= 0.3 is 0 Å². The zero-order chi connectivity index (χ0) is 23.7. The van der Waals surface area contributed by atoms with E-state index in [-0.39, 0.29) is 23.9 Å². The molecule has 1 aromatic heterocycles. The second-order valence-electron chi connectivity index (χ2n) is 9.34. The van der Waals surface area contributed by atoms with Gasteiger partial charge in [0.25, 0.3) is 5.91 Å². The summed E-state index contributed by atoms with van der Waals surface area (Å²) in [4.78, 5) is 34.2. The van der Waals surface area contributed by atoms with Crippen molar-refractivity contribution < 1.29 is 9.59 Å². The van der Waals surface area contributed by atoms with Gasteiger partial charge in [-0.15, -0.1) is 11.3 Å². The molecule has 2 aliphatic heterocycles. The van der Waals surface area contributed by atoms with Gasteiger partial charge in [-0.3, -0.25) is 14.5 Å². The number of rotatable bonds is 4. The molecule has 3 heterocycles. The van der Waals surface area contributed by atoms with Crippen molar-refractivity contribution in [3.05, 3.63) is 93.2 Å². The summed E-state index contributed by atoms with van der Waals surface area (Å²) in [6.07, 6.45) is 0.985. The first-order valence-electron chi connectivity index (χ1n) is 12.0. The van der Waals surface area contributed by atoms with Gasteiger partial charge in [0.05, 0.1) is 12.6 Å². The van der Waals surface area contributed by atoms with E-state index >= 15 is 0 Å². The molecule has 34 heavy (non-hydrogen) atoms. The molecule has 3 aromatic rings. The maximum Gasteiger partial charge on any atom is 0.254 e. The number of hydrogen-bond acceptors (Lipinski definition) is 4. The number of nitrogens with zero attached hydrogens (tertiary/aromatic N) is 3. The topological polar surface area (TPSA) is 43.9 Å². The standard InChI is InChI=1S/C28H31N3O2S/c1-20-8-6-7-11-23(20)28(33)31-16-15-29(18-21(31)2)26(32)19-30-14-12-25-24(13-17-34-25)27(30)22-9-4-3-5-10-22/h3-11,13,17,21,27H,12,14-16,18-19H2,1-2H3/t21-,27-/m1/s1. The second kappa shape index (κ2) is 9.72. The molecule has 0 radical (unpaired) electrons. The largest absolute Gasteiger partial charge is 0.338 e. The minimum absolute atomic E-state index is 0.0143. The fourth-order valence-corrected chi connectivity index (χ4v) is 6.20. The van der Waals surface area contributed by atoms with Gasteiger partial charge in [-0.25, -0.2) is 0 Å². The molecule has 0 N–H and O–H groups in total. The van der Waals surface area contributed by atoms with Crippen LogP contribution < -0.4 is 0 Å². The first-order valence-corrected chi connectivity index (χ1v) is 12.9. The Morgan fingerprint density at radius 3 is 2.50 bits per heavy atom. The Morgan fingerprint density at radius 1 is 0.971 bits per heavy atom. The normalized spacial score (nSPS) is 20.8. The molecular weight excluding hydrogens is 442 g/mol. The summed E-state index contributed by atoms with van der Waals surface area (Å²) >= 11 is 1.82. The van der Waals surface area contributed by atoms with Crippen LogP contribution in [0.25, 0.3) is 0 Å². The maximum atomic E-state index is 13.4. The van der Waals surface area contributed by atoms with Gasteiger partial charge in [0.15, 0.2) is 0 Å². The number of piperazine rings is 1. The molecule has 176 valence electrons. The molecule has 2 aliphatic rings. The number of aryl methyl sites for hydroxylation is 1. The molecule has 6 heteroatoms. The van der Waals surface area contributed by atoms with Crippen LogP contribution in [0.2, 0.25) is 0 Å². The molecule has 1 saturated heterocycles. The van der Waals surface area contributed by atoms with Gasteiger partial charge in [0.1, 0.15) is 0 Å². The van der Waals surface area contributed by atoms with Crippen molar-refractivity contribution in [2.75, 3.05) is 32.7 Å². The van der Waals surface area contributed by atoms with Crippen molar-refractivity contribution in [2.24, 2.45) is 0 Å². The lowest BCUT2D eigenvalue weighted by molar-refractivity contribution is -0.135. The first kappa shape index (κ1) is 22.8. The molecule has 0 saturated carbocycles. The summed E-state index contributed by atoms with van der Waals surface area (Å²) in [6.45, 7) is 7.00. The third-order valence-corrected chi connectivity index (χ3v) is 8.13. The minimum atomic E-state index is -0.0143. The molecule has 0 spiro atoms. The lowest BCUT2D eigenvalue weighted by Gasteiger charge is -2.42. The number of carbonyl (C=O) groups excluding carboxylic acids is 2. The monoisotopic (exact) mass is 473 g/mol. The van der Waals surface area contributed by atoms with Gasteiger partial charge < -0.3 is 9.80 Å². The maximum absolute atomic E-state index is 13.4. The van der Waals surface area contributed by atoms with E-state index < -0.39 is 0 Å². The van der Waals surface area contributed by atoms with Crippen molar-refractivity contribution in [1.82, 2.24) is 14.7 Å². The van der Waals surface area contributed by atoms with Crippen LogP contribution in [0.15, 0.2) is 66.0 Å². The number of amides is 2. The third-order valence-electron chi connectivity index (χ3n) is 7.14. The van der Waals surface area contributed by atoms with Crippen molar-refractivity contribution in [3.63, 3.8) is 0 Å². The van der Waals surface area contributed by atoms with E-state index in [1.54, 1.807) is 0 Å². The fraction of sp³-hybridized carbons (Fsp3) is 0.357. The van der Waals surface area contributed by atoms with Gasteiger partial charge in [0, 0.05) is 42.7 Å². The molecular formula is C28H31N3O2S. The van der Waals surface area contributed by atoms with Gasteiger partial charge in [0.2, 0.25) is 5.91 Å². The van der Waals surface area contributed by atoms with Crippen LogP contribution in [0.1, 0.15) is 44.9 Å². The van der Waals surface area contributed by atoms with Gasteiger partial charge in [-0.1, -0.05) is 48.5 Å². The van der Waals surface area contributed by atoms with E-state index in [2.05, 4.69) is 40.6 Å². The van der Waals surface area contributed by atoms with Crippen LogP contribution >= 0.6 is 11.3 Å². The molecule has 1 fully saturated rings. The molecule has 0 bridgehead atoms. The van der Waals surface area contributed by atoms with Crippen LogP contribution in [0, 0.1) is 6.92 Å². The molecule has 0 aliphatic carbocycles. The Bertz CT molecular complexity index is 1180. The first-order chi connectivity index (χ1) is 16.5. The number of carbonyl (C=O) groups is 2. The lowest BCUT2D eigenvalue weighted by atomic mass is 9.93. The second-order valence-corrected chi connectivity index (χ2v) is 10.3. The van der Waals surface area contributed by atoms with Crippen molar-refractivity contribution in [3.8, 4) is 0 Å². The van der Waals surface area contributed by atoms with Crippen molar-refractivity contribution in [1.29, 1.82) is 0 Å². The van der Waals surface area contributed by atoms with Crippen molar-refractivity contribution in [2.45, 2.75) is 32.4 Å². The van der Waals surface area contributed by atoms with E-state index in [1.165, 1.54) is 16.0 Å². The summed E-state index contributed by atoms with van der Waals surface area (Å²) in [5, 5.41) is 2.16. The smallest absolute Gasteiger partial charge is 0.254 e. The highest BCUT2D eigenvalue weighted by atomic mass is 32.1. The van der Waals surface area contributed by atoms with Crippen LogP contribution in [-0.4, -0.2) is 65.3 Å². The van der Waals surface area contributed by atoms with E-state index in [4.69, 9.17) is 0 Å². The van der Waals surface area contributed by atoms with E-state index in [0.717, 1.165) is 24.1 Å². The minimum Gasteiger partial charge on any atom is -0.338 e. The highest BCUT2D eigenvalue weighted by Crippen LogP contribution is 2.37. The Balaban J connectivity index is 1.28. The van der Waals surface area contributed by atoms with Crippen LogP contribution in [0.5, 0.6) is 0 Å². The molecule has 5 nitrogen and oxygen atoms in total. The van der Waals surface area contributed by atoms with E-state index in [1.807, 2.05) is 65.3 Å². The Morgan fingerprint density at radius 2 is 1.74 bits per heavy atom. The average molecular weight is 474 g/mol. The fourth-order valence-electron chi connectivity index (χ4n) is 5.29. The number of fused-ring (bicyclic) bond motifs is 1. The number of hydrogen-bond donors (Lipinski definition) is 0. The molecule has 0 unspecified atom stereocenters. The SMILES string of the molecule is Cc1ccccc1C(=O)N1CCN(C(=O)CN2CCc3sccc3[C@H]2c2ccccc2)C[C@H]1C. The van der Waals surface area contributed by atoms with Gasteiger partial charge in [-0.05, 0) is 54.5 Å². The highest BCUT2D eigenvalue weighted by Gasteiger charge is 2.34. The Hall–Kier alpha value is -2.96. The number of benzene rings is 2. The zero-order valence-corrected chi connectivity index (χ0v) is 20.6. The summed E-state index contributed by atoms with van der Waals surface area (Å²) in [7, 11) is 0. The van der Waals surface area contributed by atoms with Crippen LogP contribution in [0.3, 0.4) is 0 Å². The summed E-state index contributed by atoms with van der Waals surface area (Å²) in [5.41, 5.74) is 4.30. The van der Waals surface area contributed by atoms with Crippen molar-refractivity contribution >= 4 is 23.2 Å². The molecule has 2 aromatic carbocycles. The summed E-state index contributed by atoms with van der Waals surface area (Å²) < 4.78 is 0. The molecule has 2 atom stereocenters. The summed E-state index contributed by atoms with van der Waals surface area (Å²) in [6, 6.07) is 20.5. The van der Waals surface area contributed by atoms with E-state index in [9.17, 15) is 9.59 Å². The molecule has 5 rings (SSSR count). The lowest BCUT2D eigenvalue weighted by Crippen LogP contribution is -2.57. The zero-order valence-electron chi connectivity index (χ0n) is 19.8. The Kier molecular flexibility index (Phi) is 6.53. The number of thiophene rings is 1. The van der Waals surface area contributed by atoms with Crippen LogP contribution in [-0.2, 0) is 11.2 Å². The Labute approximate surface area is 205 Å². The predicted octanol–water partition coefficient (Wildman–Crippen LogP) is 4.38. The quantitative estimate of drug-likeness (QED) is 0.565. The van der Waals surface area contributed by atoms with Gasteiger partial charge in [-0.2, -0.15) is 0 Å². The predicted molar refractivity (Wildman–Crippen MR) is 136 cm³/mol. The average Bonchev–Trinajstić information content (AvgIpc) is 3.33.